The number of ether oxygens (including phenoxy) is 1. The summed E-state index contributed by atoms with van der Waals surface area (Å²) in [4.78, 5) is 0. The normalized spacial score (nSPS) is 14.0. The molecule has 3 rings (SSSR count). The Bertz CT molecular complexity index is 519. The summed E-state index contributed by atoms with van der Waals surface area (Å²) < 4.78 is 5.72. The third-order valence-corrected chi connectivity index (χ3v) is 3.91. The average Bonchev–Trinajstić information content (AvgIpc) is 2.57. The Hall–Kier alpha value is -1.64. The molecule has 0 unspecified atom stereocenters. The van der Waals surface area contributed by atoms with Gasteiger partial charge >= 0.3 is 0 Å². The van der Waals surface area contributed by atoms with Crippen molar-refractivity contribution in [1.82, 2.24) is 5.32 Å². The molecule has 2 aromatic carbocycles. The van der Waals surface area contributed by atoms with Gasteiger partial charge in [-0.05, 0) is 50.9 Å². The minimum Gasteiger partial charge on any atom is -0.372 e. The van der Waals surface area contributed by atoms with Gasteiger partial charge in [0.1, 0.15) is 0 Å². The maximum absolute atomic E-state index is 5.72. The molecule has 0 atom stereocenters. The Morgan fingerprint density at radius 3 is 1.65 bits per heavy atom. The van der Waals surface area contributed by atoms with Crippen LogP contribution in [0.15, 0.2) is 48.5 Å². The van der Waals surface area contributed by atoms with E-state index in [0.717, 1.165) is 0 Å². The van der Waals surface area contributed by atoms with Gasteiger partial charge in [-0.2, -0.15) is 0 Å². The van der Waals surface area contributed by atoms with Crippen molar-refractivity contribution in [1.29, 1.82) is 0 Å². The number of hydrogen-bond acceptors (Lipinski definition) is 2. The highest BCUT2D eigenvalue weighted by molar-refractivity contribution is 5.22. The summed E-state index contributed by atoms with van der Waals surface area (Å²) in [7, 11) is 0. The van der Waals surface area contributed by atoms with Crippen molar-refractivity contribution in [2.45, 2.75) is 46.3 Å². The van der Waals surface area contributed by atoms with Gasteiger partial charge in [-0.15, -0.1) is 0 Å². The van der Waals surface area contributed by atoms with Crippen LogP contribution in [0.1, 0.15) is 41.5 Å². The lowest BCUT2D eigenvalue weighted by atomic mass is 10.1. The number of nitrogens with one attached hydrogen (secondary N) is 1. The van der Waals surface area contributed by atoms with E-state index < -0.39 is 0 Å². The van der Waals surface area contributed by atoms with Crippen LogP contribution >= 0.6 is 0 Å². The van der Waals surface area contributed by atoms with E-state index in [1.807, 2.05) is 0 Å². The number of rotatable bonds is 4. The lowest BCUT2D eigenvalue weighted by Crippen LogP contribution is -2.21. The van der Waals surface area contributed by atoms with Gasteiger partial charge in [0.15, 0.2) is 0 Å². The van der Waals surface area contributed by atoms with E-state index in [1.54, 1.807) is 0 Å². The molecule has 124 valence electrons. The maximum Gasteiger partial charge on any atom is 0.0721 e. The summed E-state index contributed by atoms with van der Waals surface area (Å²) >= 11 is 0. The fourth-order valence-electron chi connectivity index (χ4n) is 2.69. The largest absolute Gasteiger partial charge is 0.372 e. The first kappa shape index (κ1) is 17.7. The van der Waals surface area contributed by atoms with Gasteiger partial charge in [0, 0.05) is 0 Å². The summed E-state index contributed by atoms with van der Waals surface area (Å²) in [6.45, 7) is 8.05. The Kier molecular flexibility index (Phi) is 7.85. The molecular weight excluding hydrogens is 282 g/mol. The molecule has 0 aliphatic carbocycles. The second kappa shape index (κ2) is 10.2. The Balaban J connectivity index is 0.000000268. The predicted molar refractivity (Wildman–Crippen MR) is 97.6 cm³/mol. The van der Waals surface area contributed by atoms with E-state index in [1.165, 1.54) is 54.6 Å². The quantitative estimate of drug-likeness (QED) is 0.877. The maximum atomic E-state index is 5.72. The van der Waals surface area contributed by atoms with Crippen LogP contribution in [0.25, 0.3) is 0 Å². The van der Waals surface area contributed by atoms with Crippen molar-refractivity contribution in [2.24, 2.45) is 0 Å². The Morgan fingerprint density at radius 1 is 0.783 bits per heavy atom. The van der Waals surface area contributed by atoms with Crippen LogP contribution in [-0.4, -0.2) is 13.1 Å². The third-order valence-electron chi connectivity index (χ3n) is 3.91. The molecule has 0 spiro atoms. The first-order valence-corrected chi connectivity index (χ1v) is 8.63. The fourth-order valence-corrected chi connectivity index (χ4v) is 2.69. The minimum absolute atomic E-state index is 0.676. The van der Waals surface area contributed by atoms with Gasteiger partial charge in [0.05, 0.1) is 13.2 Å². The molecule has 2 nitrogen and oxygen atoms in total. The van der Waals surface area contributed by atoms with Gasteiger partial charge in [-0.3, -0.25) is 0 Å². The molecule has 0 aromatic heterocycles. The molecule has 2 aromatic rings. The second-order valence-electron chi connectivity index (χ2n) is 6.28. The third kappa shape index (κ3) is 7.45. The monoisotopic (exact) mass is 311 g/mol. The van der Waals surface area contributed by atoms with E-state index in [0.29, 0.717) is 13.2 Å². The van der Waals surface area contributed by atoms with Crippen LogP contribution in [0.2, 0.25) is 0 Å². The van der Waals surface area contributed by atoms with Crippen LogP contribution in [0.4, 0.5) is 0 Å². The molecule has 2 heteroatoms. The molecule has 1 fully saturated rings. The molecule has 1 heterocycles. The topological polar surface area (TPSA) is 21.3 Å². The lowest BCUT2D eigenvalue weighted by molar-refractivity contribution is 0.107. The van der Waals surface area contributed by atoms with Crippen molar-refractivity contribution < 1.29 is 4.74 Å². The highest BCUT2D eigenvalue weighted by atomic mass is 16.5. The van der Waals surface area contributed by atoms with E-state index in [9.17, 15) is 0 Å². The summed E-state index contributed by atoms with van der Waals surface area (Å²) in [6, 6.07) is 16.9. The van der Waals surface area contributed by atoms with Crippen molar-refractivity contribution in [3.63, 3.8) is 0 Å². The van der Waals surface area contributed by atoms with Crippen molar-refractivity contribution in [2.75, 3.05) is 13.1 Å². The number of hydrogen-bond donors (Lipinski definition) is 1. The van der Waals surface area contributed by atoms with Crippen LogP contribution < -0.4 is 5.32 Å². The van der Waals surface area contributed by atoms with Gasteiger partial charge < -0.3 is 10.1 Å². The molecule has 23 heavy (non-hydrogen) atoms. The highest BCUT2D eigenvalue weighted by Crippen LogP contribution is 2.09. The van der Waals surface area contributed by atoms with Crippen molar-refractivity contribution >= 4 is 0 Å². The lowest BCUT2D eigenvalue weighted by Gasteiger charge is -2.08. The molecular formula is C21H29NO. The number of benzene rings is 2. The van der Waals surface area contributed by atoms with Gasteiger partial charge in [0.2, 0.25) is 0 Å². The Labute approximate surface area is 140 Å². The summed E-state index contributed by atoms with van der Waals surface area (Å²) in [5.74, 6) is 0. The average molecular weight is 311 g/mol. The minimum atomic E-state index is 0.676. The molecule has 1 saturated heterocycles. The van der Waals surface area contributed by atoms with Crippen LogP contribution in [0.3, 0.4) is 0 Å². The van der Waals surface area contributed by atoms with Gasteiger partial charge in [-0.25, -0.2) is 0 Å². The standard InChI is InChI=1S/C16H18O.C5H11N/c1-13-5-3-7-15(9-13)11-17-12-16-8-4-6-14(2)10-16;1-2-4-6-5-3-1/h3-10H,11-12H2,1-2H3;6H,1-5H2. The molecule has 1 N–H and O–H groups in total. The number of aryl methyl sites for hydroxylation is 2. The molecule has 0 saturated carbocycles. The zero-order valence-corrected chi connectivity index (χ0v) is 14.5. The summed E-state index contributed by atoms with van der Waals surface area (Å²) in [5, 5.41) is 3.28. The van der Waals surface area contributed by atoms with E-state index in [-0.39, 0.29) is 0 Å². The van der Waals surface area contributed by atoms with E-state index >= 15 is 0 Å². The van der Waals surface area contributed by atoms with Crippen molar-refractivity contribution in [3.8, 4) is 0 Å². The number of piperidine rings is 1. The highest BCUT2D eigenvalue weighted by Gasteiger charge is 1.96. The van der Waals surface area contributed by atoms with Gasteiger partial charge in [-0.1, -0.05) is 66.1 Å². The zero-order chi connectivity index (χ0) is 16.3. The molecule has 1 aliphatic heterocycles. The molecule has 0 bridgehead atoms. The van der Waals surface area contributed by atoms with Crippen molar-refractivity contribution in [3.05, 3.63) is 70.8 Å². The SMILES string of the molecule is C1CCNCC1.Cc1cccc(COCc2cccc(C)c2)c1. The first-order chi connectivity index (χ1) is 11.2. The smallest absolute Gasteiger partial charge is 0.0721 e. The van der Waals surface area contributed by atoms with E-state index in [4.69, 9.17) is 4.74 Å². The predicted octanol–water partition coefficient (Wildman–Crippen LogP) is 4.78. The second-order valence-corrected chi connectivity index (χ2v) is 6.28. The van der Waals surface area contributed by atoms with Gasteiger partial charge in [0.25, 0.3) is 0 Å². The van der Waals surface area contributed by atoms with E-state index in [2.05, 4.69) is 67.7 Å². The van der Waals surface area contributed by atoms with Crippen LogP contribution in [0, 0.1) is 13.8 Å². The summed E-state index contributed by atoms with van der Waals surface area (Å²) in [5.41, 5.74) is 5.03. The van der Waals surface area contributed by atoms with Crippen LogP contribution in [0.5, 0.6) is 0 Å². The summed E-state index contributed by atoms with van der Waals surface area (Å²) in [6.07, 6.45) is 4.22. The fraction of sp³-hybridized carbons (Fsp3) is 0.429. The molecule has 0 amide bonds. The first-order valence-electron chi connectivity index (χ1n) is 8.63. The molecule has 1 aliphatic rings. The molecule has 0 radical (unpaired) electrons. The van der Waals surface area contributed by atoms with Crippen LogP contribution in [-0.2, 0) is 18.0 Å². The Morgan fingerprint density at radius 2 is 1.30 bits per heavy atom. The zero-order valence-electron chi connectivity index (χ0n) is 14.5.